The molecule has 62 valence electrons. The van der Waals surface area contributed by atoms with E-state index in [-0.39, 0.29) is 23.2 Å². The van der Waals surface area contributed by atoms with E-state index in [0.717, 1.165) is 19.8 Å². The maximum Gasteiger partial charge on any atom is 0.187 e. The van der Waals surface area contributed by atoms with Crippen molar-refractivity contribution in [3.63, 3.8) is 0 Å². The molecule has 3 nitrogen and oxygen atoms in total. The average Bonchev–Trinajstić information content (AvgIpc) is 2.14. The van der Waals surface area contributed by atoms with Gasteiger partial charge in [-0.05, 0) is 7.05 Å². The average molecular weight is 211 g/mol. The summed E-state index contributed by atoms with van der Waals surface area (Å²) in [6.45, 7) is 5.01. The SMILES string of the molecule is CC(O)[NH+]1CCN(C)C1.[Br-]. The van der Waals surface area contributed by atoms with Crippen LogP contribution in [0, 0.1) is 0 Å². The Balaban J connectivity index is 0.000000810. The lowest BCUT2D eigenvalue weighted by Gasteiger charge is -2.14. The quantitative estimate of drug-likeness (QED) is 0.455. The van der Waals surface area contributed by atoms with Gasteiger partial charge < -0.3 is 22.1 Å². The fourth-order valence-corrected chi connectivity index (χ4v) is 1.18. The third-order valence-electron chi connectivity index (χ3n) is 1.88. The maximum atomic E-state index is 9.11. The van der Waals surface area contributed by atoms with Crippen molar-refractivity contribution < 1.29 is 27.0 Å². The second-order valence-electron chi connectivity index (χ2n) is 2.82. The summed E-state index contributed by atoms with van der Waals surface area (Å²) >= 11 is 0. The molecule has 0 radical (unpaired) electrons. The molecule has 4 heteroatoms. The van der Waals surface area contributed by atoms with E-state index in [1.165, 1.54) is 4.90 Å². The number of likely N-dealkylation sites (N-methyl/N-ethyl adjacent to an activating group) is 1. The van der Waals surface area contributed by atoms with Crippen molar-refractivity contribution in [1.82, 2.24) is 4.90 Å². The van der Waals surface area contributed by atoms with Crippen molar-refractivity contribution in [2.75, 3.05) is 26.8 Å². The van der Waals surface area contributed by atoms with E-state index in [9.17, 15) is 0 Å². The number of nitrogens with zero attached hydrogens (tertiary/aromatic N) is 1. The Morgan fingerprint density at radius 3 is 2.40 bits per heavy atom. The monoisotopic (exact) mass is 210 g/mol. The topological polar surface area (TPSA) is 27.9 Å². The molecule has 0 saturated carbocycles. The summed E-state index contributed by atoms with van der Waals surface area (Å²) in [7, 11) is 2.08. The molecule has 2 unspecified atom stereocenters. The van der Waals surface area contributed by atoms with Crippen molar-refractivity contribution in [3.8, 4) is 0 Å². The molecule has 10 heavy (non-hydrogen) atoms. The Hall–Kier alpha value is 0.360. The van der Waals surface area contributed by atoms with Gasteiger partial charge in [0.1, 0.15) is 6.67 Å². The number of aliphatic hydroxyl groups excluding tert-OH is 1. The number of nitrogens with one attached hydrogen (secondary N) is 1. The zero-order valence-electron chi connectivity index (χ0n) is 6.47. The van der Waals surface area contributed by atoms with Gasteiger partial charge in [0, 0.05) is 6.92 Å². The molecule has 1 heterocycles. The van der Waals surface area contributed by atoms with Gasteiger partial charge in [-0.2, -0.15) is 0 Å². The first-order valence-corrected chi connectivity index (χ1v) is 3.41. The highest BCUT2D eigenvalue weighted by molar-refractivity contribution is 4.48. The van der Waals surface area contributed by atoms with Crippen molar-refractivity contribution in [1.29, 1.82) is 0 Å². The van der Waals surface area contributed by atoms with Crippen molar-refractivity contribution in [3.05, 3.63) is 0 Å². The molecule has 1 fully saturated rings. The van der Waals surface area contributed by atoms with Crippen molar-refractivity contribution >= 4 is 0 Å². The van der Waals surface area contributed by atoms with Crippen LogP contribution < -0.4 is 21.9 Å². The molecule has 1 rings (SSSR count). The first-order valence-electron chi connectivity index (χ1n) is 3.41. The van der Waals surface area contributed by atoms with Gasteiger partial charge in [-0.3, -0.25) is 9.80 Å². The molecule has 0 aromatic rings. The van der Waals surface area contributed by atoms with E-state index in [4.69, 9.17) is 5.11 Å². The molecule has 1 aliphatic rings. The van der Waals surface area contributed by atoms with Crippen LogP contribution in [-0.2, 0) is 0 Å². The van der Waals surface area contributed by atoms with E-state index in [1.54, 1.807) is 0 Å². The minimum Gasteiger partial charge on any atom is -1.00 e. The van der Waals surface area contributed by atoms with Gasteiger partial charge in [0.15, 0.2) is 6.23 Å². The van der Waals surface area contributed by atoms with Crippen LogP contribution >= 0.6 is 0 Å². The standard InChI is InChI=1S/C6H14N2O.BrH/c1-6(9)8-4-3-7(2)5-8;/h6,9H,3-5H2,1-2H3;1H. The first kappa shape index (κ1) is 10.4. The van der Waals surface area contributed by atoms with Crippen LogP contribution in [0.4, 0.5) is 0 Å². The molecule has 0 amide bonds. The summed E-state index contributed by atoms with van der Waals surface area (Å²) in [5.41, 5.74) is 0. The minimum atomic E-state index is -0.199. The molecular weight excluding hydrogens is 196 g/mol. The number of rotatable bonds is 1. The predicted molar refractivity (Wildman–Crippen MR) is 35.0 cm³/mol. The van der Waals surface area contributed by atoms with Gasteiger partial charge in [0.2, 0.25) is 0 Å². The molecule has 0 aromatic heterocycles. The zero-order valence-corrected chi connectivity index (χ0v) is 8.06. The second-order valence-corrected chi connectivity index (χ2v) is 2.82. The summed E-state index contributed by atoms with van der Waals surface area (Å²) in [5.74, 6) is 0. The van der Waals surface area contributed by atoms with Gasteiger partial charge in [-0.25, -0.2) is 0 Å². The third-order valence-corrected chi connectivity index (χ3v) is 1.88. The van der Waals surface area contributed by atoms with E-state index < -0.39 is 0 Å². The molecule has 0 spiro atoms. The van der Waals surface area contributed by atoms with Crippen LogP contribution in [0.15, 0.2) is 0 Å². The van der Waals surface area contributed by atoms with Gasteiger partial charge in [0.25, 0.3) is 0 Å². The molecule has 2 N–H and O–H groups in total. The lowest BCUT2D eigenvalue weighted by molar-refractivity contribution is -0.937. The number of halogens is 1. The Morgan fingerprint density at radius 2 is 2.20 bits per heavy atom. The second kappa shape index (κ2) is 4.28. The number of aliphatic hydroxyl groups is 1. The van der Waals surface area contributed by atoms with E-state index in [1.807, 2.05) is 6.92 Å². The highest BCUT2D eigenvalue weighted by atomic mass is 79.9. The first-order chi connectivity index (χ1) is 4.20. The van der Waals surface area contributed by atoms with E-state index >= 15 is 0 Å². The third kappa shape index (κ3) is 2.54. The summed E-state index contributed by atoms with van der Waals surface area (Å²) in [6, 6.07) is 0. The van der Waals surface area contributed by atoms with Gasteiger partial charge in [-0.15, -0.1) is 0 Å². The minimum absolute atomic E-state index is 0. The van der Waals surface area contributed by atoms with Crippen LogP contribution in [0.1, 0.15) is 6.92 Å². The molecule has 0 aromatic carbocycles. The molecule has 1 aliphatic heterocycles. The number of quaternary nitrogens is 1. The fraction of sp³-hybridized carbons (Fsp3) is 1.00. The summed E-state index contributed by atoms with van der Waals surface area (Å²) in [4.78, 5) is 3.50. The highest BCUT2D eigenvalue weighted by Gasteiger charge is 2.23. The summed E-state index contributed by atoms with van der Waals surface area (Å²) in [5, 5.41) is 9.11. The molecule has 1 saturated heterocycles. The molecule has 2 atom stereocenters. The van der Waals surface area contributed by atoms with Gasteiger partial charge >= 0.3 is 0 Å². The number of hydrogen-bond acceptors (Lipinski definition) is 2. The van der Waals surface area contributed by atoms with Crippen LogP contribution in [0.25, 0.3) is 0 Å². The lowest BCUT2D eigenvalue weighted by atomic mass is 10.5. The predicted octanol–water partition coefficient (Wildman–Crippen LogP) is -4.88. The summed E-state index contributed by atoms with van der Waals surface area (Å²) < 4.78 is 0. The maximum absolute atomic E-state index is 9.11. The molecule has 0 aliphatic carbocycles. The summed E-state index contributed by atoms with van der Waals surface area (Å²) in [6.07, 6.45) is -0.199. The number of hydrogen-bond donors (Lipinski definition) is 2. The normalized spacial score (nSPS) is 29.7. The van der Waals surface area contributed by atoms with E-state index in [2.05, 4.69) is 11.9 Å². The van der Waals surface area contributed by atoms with Crippen LogP contribution in [0.2, 0.25) is 0 Å². The fourth-order valence-electron chi connectivity index (χ4n) is 1.18. The van der Waals surface area contributed by atoms with Crippen molar-refractivity contribution in [2.24, 2.45) is 0 Å². The Labute approximate surface area is 72.4 Å². The molecule has 0 bridgehead atoms. The lowest BCUT2D eigenvalue weighted by Crippen LogP contribution is -3.14. The van der Waals surface area contributed by atoms with Gasteiger partial charge in [0.05, 0.1) is 13.1 Å². The Kier molecular flexibility index (Phi) is 4.44. The van der Waals surface area contributed by atoms with Crippen LogP contribution in [-0.4, -0.2) is 43.0 Å². The Morgan fingerprint density at radius 1 is 1.60 bits per heavy atom. The Bertz CT molecular complexity index is 99.7. The van der Waals surface area contributed by atoms with Crippen LogP contribution in [0.3, 0.4) is 0 Å². The zero-order chi connectivity index (χ0) is 6.85. The highest BCUT2D eigenvalue weighted by Crippen LogP contribution is 1.81. The van der Waals surface area contributed by atoms with E-state index in [0.29, 0.717) is 0 Å². The van der Waals surface area contributed by atoms with Crippen LogP contribution in [0.5, 0.6) is 0 Å². The smallest absolute Gasteiger partial charge is 0.187 e. The largest absolute Gasteiger partial charge is 1.00 e. The molecular formula is C6H15BrN2O. The van der Waals surface area contributed by atoms with Crippen molar-refractivity contribution in [2.45, 2.75) is 13.2 Å². The van der Waals surface area contributed by atoms with Gasteiger partial charge in [-0.1, -0.05) is 0 Å².